The van der Waals surface area contributed by atoms with Crippen LogP contribution < -0.4 is 9.62 Å². The van der Waals surface area contributed by atoms with Crippen LogP contribution >= 0.6 is 23.2 Å². The molecule has 0 radical (unpaired) electrons. The number of benzene rings is 4. The van der Waals surface area contributed by atoms with Crippen molar-refractivity contribution in [1.82, 2.24) is 10.2 Å². The van der Waals surface area contributed by atoms with Gasteiger partial charge in [0.1, 0.15) is 12.6 Å². The number of nitrogens with one attached hydrogen (secondary N) is 1. The fourth-order valence-electron chi connectivity index (χ4n) is 5.02. The maximum atomic E-state index is 14.6. The highest BCUT2D eigenvalue weighted by Crippen LogP contribution is 2.32. The van der Waals surface area contributed by atoms with Crippen LogP contribution in [0.15, 0.2) is 102 Å². The number of anilines is 1. The standard InChI is InChI=1S/C36H39Cl2N3O4S/c1-5-26(3)39-36(43)34(22-28-12-7-6-8-13-28)40(23-29-14-9-10-15-32(29)38)35(42)24-41(33-17-11-16-31(37)27(33)4)46(44,45)30-20-18-25(2)19-21-30/h6-21,26,34H,5,22-24H2,1-4H3,(H,39,43)/t26-,34+/m0/s1. The number of hydrogen-bond acceptors (Lipinski definition) is 4. The molecule has 0 aliphatic carbocycles. The molecule has 7 nitrogen and oxygen atoms in total. The second-order valence-corrected chi connectivity index (χ2v) is 14.0. The van der Waals surface area contributed by atoms with E-state index in [9.17, 15) is 18.0 Å². The number of halogens is 2. The summed E-state index contributed by atoms with van der Waals surface area (Å²) in [7, 11) is -4.25. The Balaban J connectivity index is 1.85. The number of sulfonamides is 1. The SMILES string of the molecule is CC[C@H](C)NC(=O)[C@@H](Cc1ccccc1)N(Cc1ccccc1Cl)C(=O)CN(c1cccc(Cl)c1C)S(=O)(=O)c1ccc(C)cc1. The highest BCUT2D eigenvalue weighted by Gasteiger charge is 2.35. The van der Waals surface area contributed by atoms with Gasteiger partial charge in [-0.3, -0.25) is 13.9 Å². The molecule has 2 atom stereocenters. The molecule has 242 valence electrons. The predicted molar refractivity (Wildman–Crippen MR) is 186 cm³/mol. The van der Waals surface area contributed by atoms with Crippen molar-refractivity contribution < 1.29 is 18.0 Å². The topological polar surface area (TPSA) is 86.8 Å². The molecule has 46 heavy (non-hydrogen) atoms. The maximum Gasteiger partial charge on any atom is 0.264 e. The van der Waals surface area contributed by atoms with E-state index in [1.807, 2.05) is 51.1 Å². The summed E-state index contributed by atoms with van der Waals surface area (Å²) in [5, 5.41) is 3.82. The van der Waals surface area contributed by atoms with Crippen molar-refractivity contribution in [3.05, 3.63) is 129 Å². The first-order valence-electron chi connectivity index (χ1n) is 15.1. The fourth-order valence-corrected chi connectivity index (χ4v) is 6.86. The second-order valence-electron chi connectivity index (χ2n) is 11.3. The van der Waals surface area contributed by atoms with Crippen LogP contribution in [0.3, 0.4) is 0 Å². The molecule has 0 heterocycles. The number of aryl methyl sites for hydroxylation is 1. The average molecular weight is 681 g/mol. The molecular weight excluding hydrogens is 641 g/mol. The minimum Gasteiger partial charge on any atom is -0.352 e. The Labute approximate surface area is 282 Å². The van der Waals surface area contributed by atoms with Gasteiger partial charge in [0.15, 0.2) is 0 Å². The summed E-state index contributed by atoms with van der Waals surface area (Å²) in [4.78, 5) is 30.0. The highest BCUT2D eigenvalue weighted by atomic mass is 35.5. The Hall–Kier alpha value is -3.85. The van der Waals surface area contributed by atoms with Crippen LogP contribution in [0.5, 0.6) is 0 Å². The number of amides is 2. The van der Waals surface area contributed by atoms with Gasteiger partial charge in [0.2, 0.25) is 11.8 Å². The third-order valence-electron chi connectivity index (χ3n) is 7.97. The van der Waals surface area contributed by atoms with Crippen molar-refractivity contribution >= 4 is 50.7 Å². The molecule has 4 aromatic carbocycles. The van der Waals surface area contributed by atoms with E-state index in [0.29, 0.717) is 27.6 Å². The first-order valence-corrected chi connectivity index (χ1v) is 17.3. The van der Waals surface area contributed by atoms with Gasteiger partial charge in [-0.05, 0) is 74.2 Å². The lowest BCUT2D eigenvalue weighted by Gasteiger charge is -2.35. The summed E-state index contributed by atoms with van der Waals surface area (Å²) < 4.78 is 29.6. The number of hydrogen-bond donors (Lipinski definition) is 1. The Morgan fingerprint density at radius 3 is 2.11 bits per heavy atom. The minimum atomic E-state index is -4.25. The van der Waals surface area contributed by atoms with Crippen LogP contribution in [0.2, 0.25) is 10.0 Å². The zero-order valence-electron chi connectivity index (χ0n) is 26.4. The van der Waals surface area contributed by atoms with Crippen molar-refractivity contribution in [2.75, 3.05) is 10.8 Å². The molecule has 10 heteroatoms. The lowest BCUT2D eigenvalue weighted by atomic mass is 10.0. The quantitative estimate of drug-likeness (QED) is 0.160. The molecule has 1 N–H and O–H groups in total. The third-order valence-corrected chi connectivity index (χ3v) is 10.5. The summed E-state index contributed by atoms with van der Waals surface area (Å²) in [5.74, 6) is -0.916. The largest absolute Gasteiger partial charge is 0.352 e. The molecule has 0 aromatic heterocycles. The van der Waals surface area contributed by atoms with Crippen molar-refractivity contribution in [3.63, 3.8) is 0 Å². The molecule has 0 fully saturated rings. The zero-order valence-corrected chi connectivity index (χ0v) is 28.7. The molecule has 0 aliphatic rings. The van der Waals surface area contributed by atoms with Crippen LogP contribution in [0.4, 0.5) is 5.69 Å². The molecule has 0 saturated carbocycles. The molecule has 0 bridgehead atoms. The first-order chi connectivity index (χ1) is 21.9. The van der Waals surface area contributed by atoms with Crippen molar-refractivity contribution in [2.24, 2.45) is 0 Å². The second kappa shape index (κ2) is 15.6. The molecule has 0 unspecified atom stereocenters. The van der Waals surface area contributed by atoms with E-state index in [-0.39, 0.29) is 35.5 Å². The molecule has 0 aliphatic heterocycles. The van der Waals surface area contributed by atoms with Gasteiger partial charge in [-0.25, -0.2) is 8.42 Å². The summed E-state index contributed by atoms with van der Waals surface area (Å²) in [5.41, 5.74) is 3.13. The lowest BCUT2D eigenvalue weighted by molar-refractivity contribution is -0.140. The van der Waals surface area contributed by atoms with Gasteiger partial charge in [0, 0.05) is 29.1 Å². The number of carbonyl (C=O) groups excluding carboxylic acids is 2. The van der Waals surface area contributed by atoms with Crippen LogP contribution in [0.1, 0.15) is 42.5 Å². The number of rotatable bonds is 13. The minimum absolute atomic E-state index is 0.0170. The van der Waals surface area contributed by atoms with Gasteiger partial charge in [-0.1, -0.05) is 102 Å². The molecular formula is C36H39Cl2N3O4S. The van der Waals surface area contributed by atoms with Gasteiger partial charge in [-0.15, -0.1) is 0 Å². The Kier molecular flexibility index (Phi) is 11.9. The highest BCUT2D eigenvalue weighted by molar-refractivity contribution is 7.92. The van der Waals surface area contributed by atoms with Crippen LogP contribution in [0.25, 0.3) is 0 Å². The van der Waals surface area contributed by atoms with Crippen LogP contribution in [-0.4, -0.2) is 43.8 Å². The van der Waals surface area contributed by atoms with Crippen LogP contribution in [0, 0.1) is 13.8 Å². The smallest absolute Gasteiger partial charge is 0.264 e. The van der Waals surface area contributed by atoms with E-state index in [2.05, 4.69) is 5.32 Å². The molecule has 4 rings (SSSR count). The van der Waals surface area contributed by atoms with Gasteiger partial charge in [-0.2, -0.15) is 0 Å². The molecule has 0 saturated heterocycles. The van der Waals surface area contributed by atoms with Crippen LogP contribution in [-0.2, 0) is 32.6 Å². The number of carbonyl (C=O) groups is 2. The predicted octanol–water partition coefficient (Wildman–Crippen LogP) is 7.36. The van der Waals surface area contributed by atoms with E-state index in [1.54, 1.807) is 61.5 Å². The van der Waals surface area contributed by atoms with Crippen molar-refractivity contribution in [1.29, 1.82) is 0 Å². The normalized spacial score (nSPS) is 12.7. The van der Waals surface area contributed by atoms with Gasteiger partial charge < -0.3 is 10.2 Å². The zero-order chi connectivity index (χ0) is 33.4. The third kappa shape index (κ3) is 8.49. The van der Waals surface area contributed by atoms with Gasteiger partial charge in [0.05, 0.1) is 10.6 Å². The summed E-state index contributed by atoms with van der Waals surface area (Å²) in [6, 6.07) is 26.8. The Bertz CT molecular complexity index is 1770. The van der Waals surface area contributed by atoms with E-state index >= 15 is 0 Å². The van der Waals surface area contributed by atoms with Gasteiger partial charge in [0.25, 0.3) is 10.0 Å². The van der Waals surface area contributed by atoms with Gasteiger partial charge >= 0.3 is 0 Å². The first kappa shape index (κ1) is 35.0. The van der Waals surface area contributed by atoms with Crippen molar-refractivity contribution in [2.45, 2.75) is 64.1 Å². The monoisotopic (exact) mass is 679 g/mol. The molecule has 2 amide bonds. The van der Waals surface area contributed by atoms with E-state index in [4.69, 9.17) is 23.2 Å². The van der Waals surface area contributed by atoms with E-state index in [0.717, 1.165) is 15.4 Å². The molecule has 0 spiro atoms. The molecule has 4 aromatic rings. The summed E-state index contributed by atoms with van der Waals surface area (Å²) in [6.45, 7) is 6.84. The lowest BCUT2D eigenvalue weighted by Crippen LogP contribution is -2.54. The summed E-state index contributed by atoms with van der Waals surface area (Å²) in [6.07, 6.45) is 0.902. The summed E-state index contributed by atoms with van der Waals surface area (Å²) >= 11 is 13.0. The average Bonchev–Trinajstić information content (AvgIpc) is 3.04. The Morgan fingerprint density at radius 2 is 1.46 bits per heavy atom. The number of nitrogens with zero attached hydrogens (tertiary/aromatic N) is 2. The van der Waals surface area contributed by atoms with Crippen molar-refractivity contribution in [3.8, 4) is 0 Å². The maximum absolute atomic E-state index is 14.6. The fraction of sp³-hybridized carbons (Fsp3) is 0.278. The van der Waals surface area contributed by atoms with E-state index in [1.165, 1.54) is 17.0 Å². The Morgan fingerprint density at radius 1 is 0.826 bits per heavy atom. The van der Waals surface area contributed by atoms with E-state index < -0.39 is 28.5 Å².